The molecule has 0 bridgehead atoms. The molecule has 1 nitrogen and oxygen atoms in total. The average Bonchev–Trinajstić information content (AvgIpc) is 2.27. The van der Waals surface area contributed by atoms with E-state index in [0.29, 0.717) is 0 Å². The van der Waals surface area contributed by atoms with Crippen LogP contribution in [0.2, 0.25) is 0 Å². The largest absolute Gasteiger partial charge is 0.316 e. The zero-order chi connectivity index (χ0) is 10.1. The second kappa shape index (κ2) is 3.97. The summed E-state index contributed by atoms with van der Waals surface area (Å²) in [6, 6.07) is 8.95. The molecule has 1 heterocycles. The van der Waals surface area contributed by atoms with Crippen molar-refractivity contribution in [2.24, 2.45) is 5.92 Å². The van der Waals surface area contributed by atoms with E-state index < -0.39 is 0 Å². The number of benzene rings is 1. The average molecular weight is 201 g/mol. The summed E-state index contributed by atoms with van der Waals surface area (Å²) < 4.78 is 0. The van der Waals surface area contributed by atoms with Gasteiger partial charge in [-0.05, 0) is 61.7 Å². The summed E-state index contributed by atoms with van der Waals surface area (Å²) in [4.78, 5) is 0. The molecule has 3 rings (SSSR count). The van der Waals surface area contributed by atoms with Crippen LogP contribution in [0, 0.1) is 5.92 Å². The van der Waals surface area contributed by atoms with Crippen molar-refractivity contribution in [3.8, 4) is 0 Å². The number of nitrogens with one attached hydrogen (secondary N) is 1. The molecule has 2 atom stereocenters. The Hall–Kier alpha value is -0.820. The molecule has 0 aromatic heterocycles. The lowest BCUT2D eigenvalue weighted by atomic mass is 9.72. The van der Waals surface area contributed by atoms with Crippen molar-refractivity contribution in [2.75, 3.05) is 13.1 Å². The first-order valence-electron chi connectivity index (χ1n) is 6.22. The molecule has 0 amide bonds. The van der Waals surface area contributed by atoms with Gasteiger partial charge >= 0.3 is 0 Å². The minimum Gasteiger partial charge on any atom is -0.316 e. The third-order valence-electron chi connectivity index (χ3n) is 3.98. The van der Waals surface area contributed by atoms with Crippen LogP contribution in [-0.4, -0.2) is 13.1 Å². The Morgan fingerprint density at radius 2 is 2.20 bits per heavy atom. The normalized spacial score (nSPS) is 29.3. The highest BCUT2D eigenvalue weighted by Gasteiger charge is 2.28. The molecule has 1 aliphatic heterocycles. The van der Waals surface area contributed by atoms with Crippen molar-refractivity contribution >= 4 is 0 Å². The molecule has 80 valence electrons. The van der Waals surface area contributed by atoms with E-state index in [1.54, 1.807) is 11.1 Å². The zero-order valence-electron chi connectivity index (χ0n) is 9.21. The molecule has 1 aromatic carbocycles. The Balaban J connectivity index is 1.62. The number of rotatable bonds is 2. The fourth-order valence-electron chi connectivity index (χ4n) is 3.10. The maximum absolute atomic E-state index is 3.51. The maximum Gasteiger partial charge on any atom is -0.00203 e. The quantitative estimate of drug-likeness (QED) is 0.775. The Kier molecular flexibility index (Phi) is 2.49. The van der Waals surface area contributed by atoms with Gasteiger partial charge in [-0.25, -0.2) is 0 Å². The fourth-order valence-corrected chi connectivity index (χ4v) is 3.10. The van der Waals surface area contributed by atoms with Crippen LogP contribution in [0.15, 0.2) is 24.3 Å². The topological polar surface area (TPSA) is 12.0 Å². The molecule has 1 saturated heterocycles. The van der Waals surface area contributed by atoms with Crippen LogP contribution >= 0.6 is 0 Å². The van der Waals surface area contributed by atoms with Gasteiger partial charge in [-0.2, -0.15) is 0 Å². The smallest absolute Gasteiger partial charge is 0.00203 e. The van der Waals surface area contributed by atoms with Gasteiger partial charge in [0.05, 0.1) is 0 Å². The van der Waals surface area contributed by atoms with Gasteiger partial charge in [-0.15, -0.1) is 0 Å². The third kappa shape index (κ3) is 1.81. The van der Waals surface area contributed by atoms with E-state index in [1.807, 2.05) is 0 Å². The summed E-state index contributed by atoms with van der Waals surface area (Å²) in [6.07, 6.45) is 5.54. The molecule has 1 fully saturated rings. The van der Waals surface area contributed by atoms with Crippen LogP contribution < -0.4 is 5.32 Å². The molecule has 0 spiro atoms. The predicted octanol–water partition coefficient (Wildman–Crippen LogP) is 2.72. The lowest BCUT2D eigenvalue weighted by molar-refractivity contribution is 0.324. The standard InChI is InChI=1S/C14H19N/c1-2-6-14-12(5-1)9-13(14)8-11-4-3-7-15-10-11/h1-2,5-6,11,13,15H,3-4,7-10H2. The maximum atomic E-state index is 3.51. The minimum atomic E-state index is 0.867. The number of hydrogen-bond donors (Lipinski definition) is 1. The van der Waals surface area contributed by atoms with Crippen LogP contribution in [0.3, 0.4) is 0 Å². The Labute approximate surface area is 91.9 Å². The van der Waals surface area contributed by atoms with Gasteiger partial charge in [0.1, 0.15) is 0 Å². The summed E-state index contributed by atoms with van der Waals surface area (Å²) in [6.45, 7) is 2.48. The molecule has 0 radical (unpaired) electrons. The first kappa shape index (κ1) is 9.41. The monoisotopic (exact) mass is 201 g/mol. The lowest BCUT2D eigenvalue weighted by Crippen LogP contribution is -2.32. The fraction of sp³-hybridized carbons (Fsp3) is 0.571. The lowest BCUT2D eigenvalue weighted by Gasteiger charge is -2.34. The molecule has 2 aliphatic rings. The van der Waals surface area contributed by atoms with Crippen molar-refractivity contribution in [1.29, 1.82) is 0 Å². The van der Waals surface area contributed by atoms with Crippen LogP contribution in [0.5, 0.6) is 0 Å². The van der Waals surface area contributed by atoms with Crippen LogP contribution in [0.1, 0.15) is 36.3 Å². The van der Waals surface area contributed by atoms with E-state index in [2.05, 4.69) is 29.6 Å². The summed E-state index contributed by atoms with van der Waals surface area (Å²) in [7, 11) is 0. The zero-order valence-corrected chi connectivity index (χ0v) is 9.21. The van der Waals surface area contributed by atoms with Crippen molar-refractivity contribution in [3.63, 3.8) is 0 Å². The second-order valence-corrected chi connectivity index (χ2v) is 5.05. The van der Waals surface area contributed by atoms with E-state index in [4.69, 9.17) is 0 Å². The van der Waals surface area contributed by atoms with Gasteiger partial charge in [0.15, 0.2) is 0 Å². The molecular weight excluding hydrogens is 182 g/mol. The van der Waals surface area contributed by atoms with Gasteiger partial charge in [0.2, 0.25) is 0 Å². The van der Waals surface area contributed by atoms with Crippen LogP contribution in [-0.2, 0) is 6.42 Å². The van der Waals surface area contributed by atoms with Crippen LogP contribution in [0.4, 0.5) is 0 Å². The van der Waals surface area contributed by atoms with Crippen molar-refractivity contribution in [2.45, 2.75) is 31.6 Å². The van der Waals surface area contributed by atoms with E-state index in [-0.39, 0.29) is 0 Å². The predicted molar refractivity (Wildman–Crippen MR) is 63.1 cm³/mol. The van der Waals surface area contributed by atoms with Gasteiger partial charge in [0.25, 0.3) is 0 Å². The highest BCUT2D eigenvalue weighted by molar-refractivity contribution is 5.39. The first-order chi connectivity index (χ1) is 7.43. The number of piperidine rings is 1. The molecular formula is C14H19N. The summed E-state index contributed by atoms with van der Waals surface area (Å²) in [5.41, 5.74) is 3.22. The highest BCUT2D eigenvalue weighted by Crippen LogP contribution is 2.40. The van der Waals surface area contributed by atoms with E-state index in [0.717, 1.165) is 11.8 Å². The van der Waals surface area contributed by atoms with Crippen molar-refractivity contribution < 1.29 is 0 Å². The third-order valence-corrected chi connectivity index (χ3v) is 3.98. The highest BCUT2D eigenvalue weighted by atomic mass is 14.9. The number of hydrogen-bond acceptors (Lipinski definition) is 1. The van der Waals surface area contributed by atoms with Gasteiger partial charge in [0, 0.05) is 0 Å². The van der Waals surface area contributed by atoms with E-state index >= 15 is 0 Å². The van der Waals surface area contributed by atoms with Gasteiger partial charge in [-0.3, -0.25) is 0 Å². The van der Waals surface area contributed by atoms with E-state index in [1.165, 1.54) is 38.8 Å². The Morgan fingerprint density at radius 1 is 1.27 bits per heavy atom. The summed E-state index contributed by atoms with van der Waals surface area (Å²) in [5.74, 6) is 1.79. The second-order valence-electron chi connectivity index (χ2n) is 5.05. The minimum absolute atomic E-state index is 0.867. The van der Waals surface area contributed by atoms with Crippen molar-refractivity contribution in [3.05, 3.63) is 35.4 Å². The van der Waals surface area contributed by atoms with Crippen LogP contribution in [0.25, 0.3) is 0 Å². The molecule has 1 aromatic rings. The SMILES string of the molecule is c1ccc2c(c1)CC2CC1CCCNC1. The molecule has 1 aliphatic carbocycles. The van der Waals surface area contributed by atoms with Gasteiger partial charge in [-0.1, -0.05) is 24.3 Å². The summed E-state index contributed by atoms with van der Waals surface area (Å²) >= 11 is 0. The summed E-state index contributed by atoms with van der Waals surface area (Å²) in [5, 5.41) is 3.51. The number of fused-ring (bicyclic) bond motifs is 1. The Morgan fingerprint density at radius 3 is 3.00 bits per heavy atom. The van der Waals surface area contributed by atoms with E-state index in [9.17, 15) is 0 Å². The van der Waals surface area contributed by atoms with Gasteiger partial charge < -0.3 is 5.32 Å². The molecule has 0 saturated carbocycles. The molecule has 15 heavy (non-hydrogen) atoms. The molecule has 1 N–H and O–H groups in total. The molecule has 2 unspecified atom stereocenters. The first-order valence-corrected chi connectivity index (χ1v) is 6.22. The Bertz CT molecular complexity index is 339. The molecule has 1 heteroatoms. The van der Waals surface area contributed by atoms with Crippen molar-refractivity contribution in [1.82, 2.24) is 5.32 Å².